The van der Waals surface area contributed by atoms with Crippen LogP contribution in [0.4, 0.5) is 14.5 Å². The highest BCUT2D eigenvalue weighted by Gasteiger charge is 2.13. The van der Waals surface area contributed by atoms with Crippen molar-refractivity contribution in [3.63, 3.8) is 0 Å². The summed E-state index contributed by atoms with van der Waals surface area (Å²) in [7, 11) is 0. The van der Waals surface area contributed by atoms with Crippen molar-refractivity contribution in [2.24, 2.45) is 0 Å². The summed E-state index contributed by atoms with van der Waals surface area (Å²) in [6.07, 6.45) is -1.66. The van der Waals surface area contributed by atoms with Gasteiger partial charge in [-0.15, -0.1) is 0 Å². The molecule has 0 amide bonds. The highest BCUT2D eigenvalue weighted by atomic mass is 19.3. The summed E-state index contributed by atoms with van der Waals surface area (Å²) in [6.45, 7) is 5.21. The Hall–Kier alpha value is -1.91. The first-order valence-electron chi connectivity index (χ1n) is 6.75. The van der Waals surface area contributed by atoms with Crippen LogP contribution in [0.3, 0.4) is 0 Å². The summed E-state index contributed by atoms with van der Waals surface area (Å²) in [5, 5.41) is 3.97. The molecule has 0 aliphatic heterocycles. The van der Waals surface area contributed by atoms with E-state index in [0.29, 0.717) is 23.6 Å². The standard InChI is InChI=1S/C15H18F2N2O/c1-3-7-18-13-9-14(15(16)17)19-12-6-5-10(20-4-2)8-11(12)13/h5-6,8-9,15H,3-4,7H2,1-2H3,(H,18,19). The highest BCUT2D eigenvalue weighted by molar-refractivity contribution is 5.92. The molecule has 1 N–H and O–H groups in total. The molecule has 20 heavy (non-hydrogen) atoms. The molecule has 0 unspecified atom stereocenters. The number of alkyl halides is 2. The van der Waals surface area contributed by atoms with E-state index in [-0.39, 0.29) is 5.69 Å². The van der Waals surface area contributed by atoms with Gasteiger partial charge in [0.2, 0.25) is 0 Å². The fourth-order valence-corrected chi connectivity index (χ4v) is 2.00. The van der Waals surface area contributed by atoms with Crippen LogP contribution >= 0.6 is 0 Å². The predicted molar refractivity (Wildman–Crippen MR) is 76.6 cm³/mol. The lowest BCUT2D eigenvalue weighted by Gasteiger charge is -2.12. The third-order valence-electron chi connectivity index (χ3n) is 2.90. The summed E-state index contributed by atoms with van der Waals surface area (Å²) in [6, 6.07) is 6.71. The number of hydrogen-bond acceptors (Lipinski definition) is 3. The van der Waals surface area contributed by atoms with Gasteiger partial charge in [-0.05, 0) is 37.6 Å². The van der Waals surface area contributed by atoms with Gasteiger partial charge in [0, 0.05) is 17.6 Å². The molecule has 0 fully saturated rings. The number of benzene rings is 1. The first-order chi connectivity index (χ1) is 9.65. The first kappa shape index (κ1) is 14.5. The average molecular weight is 280 g/mol. The summed E-state index contributed by atoms with van der Waals surface area (Å²) < 4.78 is 31.2. The van der Waals surface area contributed by atoms with Gasteiger partial charge < -0.3 is 10.1 Å². The van der Waals surface area contributed by atoms with Gasteiger partial charge in [-0.25, -0.2) is 13.8 Å². The zero-order chi connectivity index (χ0) is 14.5. The minimum atomic E-state index is -2.58. The molecular weight excluding hydrogens is 262 g/mol. The van der Waals surface area contributed by atoms with Crippen LogP contribution in [-0.2, 0) is 0 Å². The molecule has 1 heterocycles. The van der Waals surface area contributed by atoms with E-state index in [0.717, 1.165) is 18.4 Å². The summed E-state index contributed by atoms with van der Waals surface area (Å²) in [4.78, 5) is 4.00. The zero-order valence-electron chi connectivity index (χ0n) is 11.6. The summed E-state index contributed by atoms with van der Waals surface area (Å²) in [5.74, 6) is 0.714. The van der Waals surface area contributed by atoms with Crippen molar-refractivity contribution in [1.29, 1.82) is 0 Å². The maximum atomic E-state index is 12.9. The fourth-order valence-electron chi connectivity index (χ4n) is 2.00. The number of pyridine rings is 1. The molecule has 0 radical (unpaired) electrons. The predicted octanol–water partition coefficient (Wildman–Crippen LogP) is 4.39. The van der Waals surface area contributed by atoms with Crippen LogP contribution in [0.1, 0.15) is 32.4 Å². The number of nitrogens with zero attached hydrogens (tertiary/aromatic N) is 1. The topological polar surface area (TPSA) is 34.2 Å². The molecule has 2 aromatic rings. The Morgan fingerprint density at radius 1 is 1.25 bits per heavy atom. The van der Waals surface area contributed by atoms with Crippen molar-refractivity contribution < 1.29 is 13.5 Å². The maximum absolute atomic E-state index is 12.9. The van der Waals surface area contributed by atoms with Crippen LogP contribution in [0.15, 0.2) is 24.3 Å². The van der Waals surface area contributed by atoms with Crippen molar-refractivity contribution in [2.45, 2.75) is 26.7 Å². The van der Waals surface area contributed by atoms with Crippen LogP contribution in [0.2, 0.25) is 0 Å². The number of ether oxygens (including phenoxy) is 1. The average Bonchev–Trinajstić information content (AvgIpc) is 2.44. The van der Waals surface area contributed by atoms with Crippen LogP contribution < -0.4 is 10.1 Å². The van der Waals surface area contributed by atoms with E-state index in [9.17, 15) is 8.78 Å². The van der Waals surface area contributed by atoms with E-state index < -0.39 is 6.43 Å². The monoisotopic (exact) mass is 280 g/mol. The summed E-state index contributed by atoms with van der Waals surface area (Å²) in [5.41, 5.74) is 1.01. The minimum absolute atomic E-state index is 0.208. The van der Waals surface area contributed by atoms with Gasteiger partial charge in [0.15, 0.2) is 0 Å². The number of rotatable bonds is 6. The lowest BCUT2D eigenvalue weighted by atomic mass is 10.1. The molecule has 0 saturated carbocycles. The lowest BCUT2D eigenvalue weighted by molar-refractivity contribution is 0.146. The molecule has 2 rings (SSSR count). The largest absolute Gasteiger partial charge is 0.494 e. The molecule has 108 valence electrons. The van der Waals surface area contributed by atoms with E-state index >= 15 is 0 Å². The quantitative estimate of drug-likeness (QED) is 0.852. The Morgan fingerprint density at radius 3 is 2.70 bits per heavy atom. The van der Waals surface area contributed by atoms with Crippen molar-refractivity contribution >= 4 is 16.6 Å². The minimum Gasteiger partial charge on any atom is -0.494 e. The number of nitrogens with one attached hydrogen (secondary N) is 1. The van der Waals surface area contributed by atoms with Gasteiger partial charge in [0.05, 0.1) is 12.1 Å². The first-order valence-corrected chi connectivity index (χ1v) is 6.75. The summed E-state index contributed by atoms with van der Waals surface area (Å²) >= 11 is 0. The van der Waals surface area contributed by atoms with Gasteiger partial charge in [0.25, 0.3) is 6.43 Å². The van der Waals surface area contributed by atoms with E-state index in [4.69, 9.17) is 4.74 Å². The molecule has 0 bridgehead atoms. The smallest absolute Gasteiger partial charge is 0.280 e. The molecule has 0 saturated heterocycles. The Morgan fingerprint density at radius 2 is 2.05 bits per heavy atom. The molecule has 0 aliphatic carbocycles. The van der Waals surface area contributed by atoms with Crippen LogP contribution in [-0.4, -0.2) is 18.1 Å². The van der Waals surface area contributed by atoms with Crippen molar-refractivity contribution in [3.8, 4) is 5.75 Å². The van der Waals surface area contributed by atoms with E-state index in [1.165, 1.54) is 6.07 Å². The second-order valence-corrected chi connectivity index (χ2v) is 4.43. The Balaban J connectivity index is 2.52. The second-order valence-electron chi connectivity index (χ2n) is 4.43. The van der Waals surface area contributed by atoms with Crippen molar-refractivity contribution in [3.05, 3.63) is 30.0 Å². The Kier molecular flexibility index (Phi) is 4.71. The van der Waals surface area contributed by atoms with Crippen molar-refractivity contribution in [2.75, 3.05) is 18.5 Å². The molecule has 3 nitrogen and oxygen atoms in total. The number of aromatic nitrogens is 1. The number of hydrogen-bond donors (Lipinski definition) is 1. The van der Waals surface area contributed by atoms with E-state index in [1.54, 1.807) is 12.1 Å². The fraction of sp³-hybridized carbons (Fsp3) is 0.400. The molecule has 0 spiro atoms. The van der Waals surface area contributed by atoms with Crippen LogP contribution in [0, 0.1) is 0 Å². The van der Waals surface area contributed by atoms with Crippen LogP contribution in [0.25, 0.3) is 10.9 Å². The normalized spacial score (nSPS) is 11.1. The number of anilines is 1. The van der Waals surface area contributed by atoms with E-state index in [2.05, 4.69) is 10.3 Å². The van der Waals surface area contributed by atoms with E-state index in [1.807, 2.05) is 19.9 Å². The van der Waals surface area contributed by atoms with Crippen molar-refractivity contribution in [1.82, 2.24) is 4.98 Å². The van der Waals surface area contributed by atoms with Gasteiger partial charge in [-0.1, -0.05) is 6.92 Å². The van der Waals surface area contributed by atoms with Gasteiger partial charge >= 0.3 is 0 Å². The Bertz CT molecular complexity index is 587. The lowest BCUT2D eigenvalue weighted by Crippen LogP contribution is -2.03. The van der Waals surface area contributed by atoms with Crippen LogP contribution in [0.5, 0.6) is 5.75 Å². The molecular formula is C15H18F2N2O. The highest BCUT2D eigenvalue weighted by Crippen LogP contribution is 2.30. The van der Waals surface area contributed by atoms with Gasteiger partial charge in [0.1, 0.15) is 11.4 Å². The maximum Gasteiger partial charge on any atom is 0.280 e. The zero-order valence-corrected chi connectivity index (χ0v) is 11.6. The SMILES string of the molecule is CCCNc1cc(C(F)F)nc2ccc(OCC)cc12. The third-order valence-corrected chi connectivity index (χ3v) is 2.90. The Labute approximate surface area is 117 Å². The second kappa shape index (κ2) is 6.50. The molecule has 5 heteroatoms. The number of fused-ring (bicyclic) bond motifs is 1. The third kappa shape index (κ3) is 3.15. The van der Waals surface area contributed by atoms with Gasteiger partial charge in [-0.2, -0.15) is 0 Å². The van der Waals surface area contributed by atoms with Gasteiger partial charge in [-0.3, -0.25) is 0 Å². The molecule has 0 atom stereocenters. The molecule has 1 aromatic heterocycles. The number of halogens is 2. The molecule has 1 aromatic carbocycles. The molecule has 0 aliphatic rings.